The van der Waals surface area contributed by atoms with Crippen LogP contribution >= 0.6 is 11.3 Å². The number of ether oxygens (including phenoxy) is 1. The molecule has 0 aliphatic heterocycles. The van der Waals surface area contributed by atoms with Crippen LogP contribution in [0.5, 0.6) is 0 Å². The minimum atomic E-state index is 0.351. The molecule has 0 aromatic carbocycles. The average molecular weight is 254 g/mol. The highest BCUT2D eigenvalue weighted by Crippen LogP contribution is 2.23. The summed E-state index contributed by atoms with van der Waals surface area (Å²) in [6, 6.07) is 0.351. The first kappa shape index (κ1) is 14.4. The van der Waals surface area contributed by atoms with Crippen LogP contribution in [0.1, 0.15) is 35.0 Å². The zero-order valence-electron chi connectivity index (χ0n) is 11.0. The van der Waals surface area contributed by atoms with Crippen molar-refractivity contribution in [2.24, 2.45) is 0 Å². The van der Waals surface area contributed by atoms with Crippen LogP contribution in [0.15, 0.2) is 12.7 Å². The molecule has 0 bridgehead atoms. The van der Waals surface area contributed by atoms with Gasteiger partial charge >= 0.3 is 0 Å². The van der Waals surface area contributed by atoms with Crippen LogP contribution in [0.3, 0.4) is 0 Å². The maximum Gasteiger partial charge on any atom is 0.0900 e. The van der Waals surface area contributed by atoms with Gasteiger partial charge in [-0.1, -0.05) is 6.08 Å². The lowest BCUT2D eigenvalue weighted by molar-refractivity contribution is 0.138. The van der Waals surface area contributed by atoms with Crippen LogP contribution in [-0.2, 0) is 4.74 Å². The third-order valence-electron chi connectivity index (χ3n) is 2.50. The van der Waals surface area contributed by atoms with Gasteiger partial charge in [-0.15, -0.1) is 17.9 Å². The number of aryl methyl sites for hydroxylation is 2. The Morgan fingerprint density at radius 3 is 2.82 bits per heavy atom. The Kier molecular flexibility index (Phi) is 6.40. The van der Waals surface area contributed by atoms with Gasteiger partial charge in [0.1, 0.15) is 0 Å². The molecule has 96 valence electrons. The lowest BCUT2D eigenvalue weighted by Crippen LogP contribution is -2.23. The first-order valence-electron chi connectivity index (χ1n) is 6.01. The molecule has 1 aromatic heterocycles. The van der Waals surface area contributed by atoms with Crippen LogP contribution in [0.2, 0.25) is 0 Å². The van der Waals surface area contributed by atoms with E-state index in [1.807, 2.05) is 13.0 Å². The molecule has 1 rings (SSSR count). The number of aromatic nitrogens is 1. The summed E-state index contributed by atoms with van der Waals surface area (Å²) in [5.74, 6) is 0. The average Bonchev–Trinajstić information content (AvgIpc) is 2.62. The summed E-state index contributed by atoms with van der Waals surface area (Å²) < 4.78 is 5.45. The Labute approximate surface area is 108 Å². The monoisotopic (exact) mass is 254 g/mol. The minimum absolute atomic E-state index is 0.351. The van der Waals surface area contributed by atoms with Crippen molar-refractivity contribution in [1.29, 1.82) is 0 Å². The summed E-state index contributed by atoms with van der Waals surface area (Å²) in [6.45, 7) is 12.3. The first-order chi connectivity index (χ1) is 8.15. The smallest absolute Gasteiger partial charge is 0.0900 e. The second-order valence-corrected chi connectivity index (χ2v) is 5.28. The van der Waals surface area contributed by atoms with Gasteiger partial charge in [-0.2, -0.15) is 0 Å². The van der Waals surface area contributed by atoms with Crippen LogP contribution < -0.4 is 5.32 Å². The van der Waals surface area contributed by atoms with Crippen molar-refractivity contribution >= 4 is 11.3 Å². The third-order valence-corrected chi connectivity index (χ3v) is 3.75. The van der Waals surface area contributed by atoms with Crippen molar-refractivity contribution in [3.05, 3.63) is 28.2 Å². The molecular formula is C13H22N2OS. The Morgan fingerprint density at radius 2 is 2.24 bits per heavy atom. The van der Waals surface area contributed by atoms with E-state index in [4.69, 9.17) is 4.74 Å². The van der Waals surface area contributed by atoms with E-state index in [-0.39, 0.29) is 0 Å². The molecule has 0 spiro atoms. The molecule has 0 fully saturated rings. The molecule has 1 N–H and O–H groups in total. The maximum absolute atomic E-state index is 5.45. The van der Waals surface area contributed by atoms with Gasteiger partial charge in [-0.25, -0.2) is 4.98 Å². The molecule has 1 atom stereocenters. The highest BCUT2D eigenvalue weighted by molar-refractivity contribution is 7.11. The summed E-state index contributed by atoms with van der Waals surface area (Å²) in [6.07, 6.45) is 2.79. The number of nitrogens with zero attached hydrogens (tertiary/aromatic N) is 1. The van der Waals surface area contributed by atoms with Crippen molar-refractivity contribution in [2.75, 3.05) is 19.8 Å². The van der Waals surface area contributed by atoms with E-state index in [0.717, 1.165) is 36.9 Å². The van der Waals surface area contributed by atoms with Gasteiger partial charge in [0, 0.05) is 17.5 Å². The number of hydrogen-bond donors (Lipinski definition) is 1. The standard InChI is InChI=1S/C13H22N2OS/c1-5-6-8-16-9-7-14-10(2)13-11(3)15-12(4)17-13/h5,10,14H,1,6-9H2,2-4H3. The van der Waals surface area contributed by atoms with Crippen LogP contribution in [-0.4, -0.2) is 24.7 Å². The SMILES string of the molecule is C=CCCOCCNC(C)c1sc(C)nc1C. The Bertz CT molecular complexity index is 349. The lowest BCUT2D eigenvalue weighted by atomic mass is 10.2. The van der Waals surface area contributed by atoms with Crippen molar-refractivity contribution in [3.63, 3.8) is 0 Å². The Morgan fingerprint density at radius 1 is 1.47 bits per heavy atom. The van der Waals surface area contributed by atoms with E-state index >= 15 is 0 Å². The van der Waals surface area contributed by atoms with Crippen molar-refractivity contribution in [3.8, 4) is 0 Å². The molecule has 0 aliphatic carbocycles. The quantitative estimate of drug-likeness (QED) is 0.572. The maximum atomic E-state index is 5.45. The van der Waals surface area contributed by atoms with Gasteiger partial charge in [-0.05, 0) is 27.2 Å². The first-order valence-corrected chi connectivity index (χ1v) is 6.82. The predicted molar refractivity (Wildman–Crippen MR) is 73.6 cm³/mol. The van der Waals surface area contributed by atoms with Crippen LogP contribution in [0, 0.1) is 13.8 Å². The van der Waals surface area contributed by atoms with Crippen molar-refractivity contribution in [1.82, 2.24) is 10.3 Å². The van der Waals surface area contributed by atoms with Gasteiger partial charge in [0.25, 0.3) is 0 Å². The van der Waals surface area contributed by atoms with Gasteiger partial charge in [0.15, 0.2) is 0 Å². The lowest BCUT2D eigenvalue weighted by Gasteiger charge is -2.12. The number of rotatable bonds is 8. The highest BCUT2D eigenvalue weighted by Gasteiger charge is 2.11. The fourth-order valence-electron chi connectivity index (χ4n) is 1.66. The third kappa shape index (κ3) is 4.98. The molecule has 0 amide bonds. The molecule has 0 aliphatic rings. The van der Waals surface area contributed by atoms with E-state index < -0.39 is 0 Å². The summed E-state index contributed by atoms with van der Waals surface area (Å²) >= 11 is 1.77. The van der Waals surface area contributed by atoms with Gasteiger partial charge in [0.05, 0.1) is 23.9 Å². The minimum Gasteiger partial charge on any atom is -0.380 e. The summed E-state index contributed by atoms with van der Waals surface area (Å²) in [5, 5.41) is 4.58. The van der Waals surface area contributed by atoms with E-state index in [1.54, 1.807) is 11.3 Å². The predicted octanol–water partition coefficient (Wildman–Crippen LogP) is 3.00. The number of nitrogens with one attached hydrogen (secondary N) is 1. The zero-order chi connectivity index (χ0) is 12.7. The summed E-state index contributed by atoms with van der Waals surface area (Å²) in [7, 11) is 0. The Hall–Kier alpha value is -0.710. The van der Waals surface area contributed by atoms with Crippen LogP contribution in [0.25, 0.3) is 0 Å². The van der Waals surface area contributed by atoms with E-state index in [2.05, 4.69) is 30.7 Å². The topological polar surface area (TPSA) is 34.1 Å². The van der Waals surface area contributed by atoms with Crippen LogP contribution in [0.4, 0.5) is 0 Å². The number of thiazole rings is 1. The highest BCUT2D eigenvalue weighted by atomic mass is 32.1. The molecule has 4 heteroatoms. The molecule has 3 nitrogen and oxygen atoms in total. The second-order valence-electron chi connectivity index (χ2n) is 4.05. The molecule has 0 saturated carbocycles. The molecule has 1 unspecified atom stereocenters. The summed E-state index contributed by atoms with van der Waals surface area (Å²) in [4.78, 5) is 5.76. The fraction of sp³-hybridized carbons (Fsp3) is 0.615. The van der Waals surface area contributed by atoms with Crippen molar-refractivity contribution < 1.29 is 4.74 Å². The van der Waals surface area contributed by atoms with Gasteiger partial charge < -0.3 is 10.1 Å². The Balaban J connectivity index is 2.23. The number of hydrogen-bond acceptors (Lipinski definition) is 4. The zero-order valence-corrected chi connectivity index (χ0v) is 11.8. The molecule has 17 heavy (non-hydrogen) atoms. The van der Waals surface area contributed by atoms with Gasteiger partial charge in [0.2, 0.25) is 0 Å². The van der Waals surface area contributed by atoms with E-state index in [0.29, 0.717) is 6.04 Å². The van der Waals surface area contributed by atoms with E-state index in [9.17, 15) is 0 Å². The largest absolute Gasteiger partial charge is 0.380 e. The molecular weight excluding hydrogens is 232 g/mol. The summed E-state index contributed by atoms with van der Waals surface area (Å²) in [5.41, 5.74) is 1.14. The second kappa shape index (κ2) is 7.58. The van der Waals surface area contributed by atoms with E-state index in [1.165, 1.54) is 4.88 Å². The normalized spacial score (nSPS) is 12.6. The fourth-order valence-corrected chi connectivity index (χ4v) is 2.61. The molecule has 0 radical (unpaired) electrons. The molecule has 0 saturated heterocycles. The molecule has 1 heterocycles. The van der Waals surface area contributed by atoms with Crippen molar-refractivity contribution in [2.45, 2.75) is 33.2 Å². The molecule has 1 aromatic rings. The van der Waals surface area contributed by atoms with Gasteiger partial charge in [-0.3, -0.25) is 0 Å².